The highest BCUT2D eigenvalue weighted by molar-refractivity contribution is 5.41. The van der Waals surface area contributed by atoms with Crippen molar-refractivity contribution in [3.05, 3.63) is 52.4 Å². The zero-order valence-electron chi connectivity index (χ0n) is 8.63. The standard InChI is InChI=1S/C11H12N4O/c12-9-6-10(13)15(11(16)14-9)7-8-4-2-1-3-5-8/h1-6H,7,13H2,(H2,12,14,16). The van der Waals surface area contributed by atoms with E-state index in [9.17, 15) is 4.79 Å². The van der Waals surface area contributed by atoms with Crippen LogP contribution in [-0.4, -0.2) is 9.55 Å². The number of nitrogen functional groups attached to an aromatic ring is 2. The molecule has 0 unspecified atom stereocenters. The Morgan fingerprint density at radius 1 is 1.19 bits per heavy atom. The van der Waals surface area contributed by atoms with Gasteiger partial charge in [-0.2, -0.15) is 4.98 Å². The van der Waals surface area contributed by atoms with Gasteiger partial charge >= 0.3 is 5.69 Å². The predicted octanol–water partition coefficient (Wildman–Crippen LogP) is 0.456. The van der Waals surface area contributed by atoms with Crippen molar-refractivity contribution in [3.63, 3.8) is 0 Å². The fraction of sp³-hybridized carbons (Fsp3) is 0.0909. The first-order valence-electron chi connectivity index (χ1n) is 4.83. The summed E-state index contributed by atoms with van der Waals surface area (Å²) in [5.41, 5.74) is 11.7. The summed E-state index contributed by atoms with van der Waals surface area (Å²) in [7, 11) is 0. The summed E-state index contributed by atoms with van der Waals surface area (Å²) in [6, 6.07) is 11.0. The van der Waals surface area contributed by atoms with Crippen molar-refractivity contribution >= 4 is 11.6 Å². The van der Waals surface area contributed by atoms with Gasteiger partial charge in [-0.1, -0.05) is 30.3 Å². The Balaban J connectivity index is 2.39. The summed E-state index contributed by atoms with van der Waals surface area (Å²) in [6.45, 7) is 0.402. The topological polar surface area (TPSA) is 86.9 Å². The van der Waals surface area contributed by atoms with Crippen LogP contribution >= 0.6 is 0 Å². The Labute approximate surface area is 92.3 Å². The van der Waals surface area contributed by atoms with Crippen molar-refractivity contribution in [2.75, 3.05) is 11.5 Å². The number of aromatic nitrogens is 2. The Morgan fingerprint density at radius 2 is 1.88 bits per heavy atom. The minimum absolute atomic E-state index is 0.145. The summed E-state index contributed by atoms with van der Waals surface area (Å²) in [4.78, 5) is 15.2. The highest BCUT2D eigenvalue weighted by Crippen LogP contribution is 2.06. The molecule has 2 rings (SSSR count). The summed E-state index contributed by atoms with van der Waals surface area (Å²) in [6.07, 6.45) is 0. The van der Waals surface area contributed by atoms with E-state index in [4.69, 9.17) is 11.5 Å². The van der Waals surface area contributed by atoms with Crippen molar-refractivity contribution in [2.24, 2.45) is 0 Å². The number of benzene rings is 1. The Bertz CT molecular complexity index is 548. The molecule has 0 atom stereocenters. The van der Waals surface area contributed by atoms with Crippen LogP contribution in [0.4, 0.5) is 11.6 Å². The molecule has 16 heavy (non-hydrogen) atoms. The smallest absolute Gasteiger partial charge is 0.351 e. The van der Waals surface area contributed by atoms with E-state index in [2.05, 4.69) is 4.98 Å². The maximum Gasteiger partial charge on any atom is 0.351 e. The molecule has 0 aliphatic heterocycles. The number of rotatable bonds is 2. The van der Waals surface area contributed by atoms with Crippen molar-refractivity contribution in [2.45, 2.75) is 6.54 Å². The third-order valence-electron chi connectivity index (χ3n) is 2.25. The molecule has 4 N–H and O–H groups in total. The molecule has 1 aromatic heterocycles. The molecular formula is C11H12N4O. The molecule has 82 valence electrons. The van der Waals surface area contributed by atoms with Crippen molar-refractivity contribution in [1.29, 1.82) is 0 Å². The first-order chi connectivity index (χ1) is 7.66. The first kappa shape index (κ1) is 10.2. The van der Waals surface area contributed by atoms with Crippen molar-refractivity contribution in [1.82, 2.24) is 9.55 Å². The second-order valence-electron chi connectivity index (χ2n) is 3.46. The normalized spacial score (nSPS) is 10.2. The number of nitrogens with zero attached hydrogens (tertiary/aromatic N) is 2. The van der Waals surface area contributed by atoms with E-state index in [0.717, 1.165) is 5.56 Å². The average Bonchev–Trinajstić information content (AvgIpc) is 2.25. The molecule has 0 radical (unpaired) electrons. The van der Waals surface area contributed by atoms with E-state index in [0.29, 0.717) is 12.4 Å². The van der Waals surface area contributed by atoms with Crippen LogP contribution in [0.5, 0.6) is 0 Å². The molecule has 1 aromatic carbocycles. The molecule has 0 amide bonds. The molecule has 5 heteroatoms. The molecule has 0 aliphatic carbocycles. The largest absolute Gasteiger partial charge is 0.385 e. The number of hydrogen-bond donors (Lipinski definition) is 2. The minimum atomic E-state index is -0.429. The maximum absolute atomic E-state index is 11.6. The lowest BCUT2D eigenvalue weighted by Crippen LogP contribution is -2.26. The van der Waals surface area contributed by atoms with Gasteiger partial charge in [-0.15, -0.1) is 0 Å². The quantitative estimate of drug-likeness (QED) is 0.763. The molecule has 0 bridgehead atoms. The van der Waals surface area contributed by atoms with E-state index >= 15 is 0 Å². The van der Waals surface area contributed by atoms with Crippen LogP contribution in [0.2, 0.25) is 0 Å². The van der Waals surface area contributed by atoms with Gasteiger partial charge in [0.2, 0.25) is 0 Å². The Hall–Kier alpha value is -2.30. The highest BCUT2D eigenvalue weighted by atomic mass is 16.1. The monoisotopic (exact) mass is 216 g/mol. The van der Waals surface area contributed by atoms with Gasteiger partial charge in [0, 0.05) is 6.07 Å². The molecule has 2 aromatic rings. The van der Waals surface area contributed by atoms with Gasteiger partial charge in [-0.05, 0) is 5.56 Å². The average molecular weight is 216 g/mol. The Kier molecular flexibility index (Phi) is 2.59. The van der Waals surface area contributed by atoms with Gasteiger partial charge in [-0.3, -0.25) is 4.57 Å². The predicted molar refractivity (Wildman–Crippen MR) is 62.9 cm³/mol. The molecule has 0 aliphatic rings. The lowest BCUT2D eigenvalue weighted by molar-refractivity contribution is 0.742. The molecule has 5 nitrogen and oxygen atoms in total. The second-order valence-corrected chi connectivity index (χ2v) is 3.46. The van der Waals surface area contributed by atoms with E-state index in [1.807, 2.05) is 30.3 Å². The second kappa shape index (κ2) is 4.06. The van der Waals surface area contributed by atoms with Gasteiger partial charge in [0.15, 0.2) is 0 Å². The fourth-order valence-corrected chi connectivity index (χ4v) is 1.47. The third-order valence-corrected chi connectivity index (χ3v) is 2.25. The van der Waals surface area contributed by atoms with Gasteiger partial charge in [0.05, 0.1) is 6.54 Å². The van der Waals surface area contributed by atoms with E-state index in [-0.39, 0.29) is 5.82 Å². The molecule has 0 saturated heterocycles. The SMILES string of the molecule is Nc1cc(N)n(Cc2ccccc2)c(=O)n1. The summed E-state index contributed by atoms with van der Waals surface area (Å²) in [5.74, 6) is 0.466. The summed E-state index contributed by atoms with van der Waals surface area (Å²) in [5, 5.41) is 0. The summed E-state index contributed by atoms with van der Waals surface area (Å²) >= 11 is 0. The molecular weight excluding hydrogens is 204 g/mol. The van der Waals surface area contributed by atoms with Crippen LogP contribution in [0.1, 0.15) is 5.56 Å². The lowest BCUT2D eigenvalue weighted by Gasteiger charge is -2.08. The van der Waals surface area contributed by atoms with Crippen LogP contribution < -0.4 is 17.2 Å². The summed E-state index contributed by atoms with van der Waals surface area (Å²) < 4.78 is 1.38. The van der Waals surface area contributed by atoms with Crippen LogP contribution in [0.3, 0.4) is 0 Å². The molecule has 0 spiro atoms. The van der Waals surface area contributed by atoms with Gasteiger partial charge in [0.25, 0.3) is 0 Å². The van der Waals surface area contributed by atoms with Gasteiger partial charge in [0.1, 0.15) is 11.6 Å². The first-order valence-corrected chi connectivity index (χ1v) is 4.83. The Morgan fingerprint density at radius 3 is 2.50 bits per heavy atom. The van der Waals surface area contributed by atoms with Crippen LogP contribution in [-0.2, 0) is 6.54 Å². The number of hydrogen-bond acceptors (Lipinski definition) is 4. The van der Waals surface area contributed by atoms with Crippen LogP contribution in [0.15, 0.2) is 41.2 Å². The van der Waals surface area contributed by atoms with Gasteiger partial charge in [-0.25, -0.2) is 4.79 Å². The fourth-order valence-electron chi connectivity index (χ4n) is 1.47. The molecule has 1 heterocycles. The van der Waals surface area contributed by atoms with Crippen LogP contribution in [0.25, 0.3) is 0 Å². The van der Waals surface area contributed by atoms with E-state index in [1.54, 1.807) is 0 Å². The van der Waals surface area contributed by atoms with Crippen LogP contribution in [0, 0.1) is 0 Å². The van der Waals surface area contributed by atoms with Crippen molar-refractivity contribution < 1.29 is 0 Å². The number of anilines is 2. The van der Waals surface area contributed by atoms with Gasteiger partial charge < -0.3 is 11.5 Å². The van der Waals surface area contributed by atoms with E-state index in [1.165, 1.54) is 10.6 Å². The zero-order valence-corrected chi connectivity index (χ0v) is 8.63. The highest BCUT2D eigenvalue weighted by Gasteiger charge is 2.04. The molecule has 0 fully saturated rings. The third kappa shape index (κ3) is 2.03. The maximum atomic E-state index is 11.6. The minimum Gasteiger partial charge on any atom is -0.385 e. The number of nitrogens with two attached hydrogens (primary N) is 2. The van der Waals surface area contributed by atoms with Crippen molar-refractivity contribution in [3.8, 4) is 0 Å². The molecule has 0 saturated carbocycles. The van der Waals surface area contributed by atoms with E-state index < -0.39 is 5.69 Å². The zero-order chi connectivity index (χ0) is 11.5. The lowest BCUT2D eigenvalue weighted by atomic mass is 10.2.